The highest BCUT2D eigenvalue weighted by atomic mass is 32.1. The van der Waals surface area contributed by atoms with Crippen molar-refractivity contribution in [3.05, 3.63) is 42.5 Å². The molecule has 2 heterocycles. The van der Waals surface area contributed by atoms with E-state index < -0.39 is 0 Å². The third kappa shape index (κ3) is 2.48. The van der Waals surface area contributed by atoms with Crippen molar-refractivity contribution in [1.29, 1.82) is 0 Å². The number of nitrogens with zero attached hydrogens (tertiary/aromatic N) is 2. The summed E-state index contributed by atoms with van der Waals surface area (Å²) < 4.78 is 13.9. The normalized spacial score (nSPS) is 10.9. The van der Waals surface area contributed by atoms with Crippen LogP contribution in [0.5, 0.6) is 0 Å². The number of benzene rings is 1. The number of halogens is 1. The van der Waals surface area contributed by atoms with E-state index in [0.29, 0.717) is 12.4 Å². The molecular formula is C14H12FN3OS. The minimum atomic E-state index is -0.250. The van der Waals surface area contributed by atoms with Crippen LogP contribution in [-0.2, 0) is 0 Å². The lowest BCUT2D eigenvalue weighted by molar-refractivity contribution is 0.311. The maximum absolute atomic E-state index is 13.0. The van der Waals surface area contributed by atoms with E-state index in [1.807, 2.05) is 6.07 Å². The Morgan fingerprint density at radius 1 is 1.20 bits per heavy atom. The molecule has 2 aromatic heterocycles. The molecule has 1 aromatic carbocycles. The van der Waals surface area contributed by atoms with Gasteiger partial charge in [0.05, 0.1) is 16.8 Å². The maximum atomic E-state index is 13.0. The quantitative estimate of drug-likeness (QED) is 0.775. The number of rotatable bonds is 4. The fraction of sp³-hybridized carbons (Fsp3) is 0.143. The van der Waals surface area contributed by atoms with Gasteiger partial charge in [0.25, 0.3) is 0 Å². The van der Waals surface area contributed by atoms with Crippen molar-refractivity contribution in [3.8, 4) is 10.4 Å². The third-order valence-electron chi connectivity index (χ3n) is 2.84. The molecule has 0 unspecified atom stereocenters. The molecule has 0 saturated heterocycles. The maximum Gasteiger partial charge on any atom is 0.147 e. The van der Waals surface area contributed by atoms with Crippen molar-refractivity contribution in [2.75, 3.05) is 18.5 Å². The van der Waals surface area contributed by atoms with E-state index >= 15 is 0 Å². The highest BCUT2D eigenvalue weighted by Crippen LogP contribution is 2.35. The van der Waals surface area contributed by atoms with Crippen LogP contribution in [0, 0.1) is 5.82 Å². The van der Waals surface area contributed by atoms with Gasteiger partial charge in [-0.15, -0.1) is 11.3 Å². The van der Waals surface area contributed by atoms with Crippen LogP contribution < -0.4 is 5.32 Å². The van der Waals surface area contributed by atoms with Crippen LogP contribution in [0.25, 0.3) is 20.7 Å². The first-order valence-electron chi connectivity index (χ1n) is 6.13. The molecule has 20 heavy (non-hydrogen) atoms. The van der Waals surface area contributed by atoms with E-state index in [1.165, 1.54) is 18.5 Å². The molecule has 6 heteroatoms. The van der Waals surface area contributed by atoms with Gasteiger partial charge in [0.15, 0.2) is 0 Å². The van der Waals surface area contributed by atoms with E-state index in [1.54, 1.807) is 23.5 Å². The lowest BCUT2D eigenvalue weighted by Crippen LogP contribution is -2.06. The van der Waals surface area contributed by atoms with Crippen molar-refractivity contribution < 1.29 is 9.50 Å². The minimum absolute atomic E-state index is 0.0433. The van der Waals surface area contributed by atoms with Crippen molar-refractivity contribution >= 4 is 27.4 Å². The fourth-order valence-electron chi connectivity index (χ4n) is 1.91. The Bertz CT molecular complexity index is 727. The lowest BCUT2D eigenvalue weighted by Gasteiger charge is -2.02. The first-order chi connectivity index (χ1) is 9.78. The monoisotopic (exact) mass is 289 g/mol. The zero-order valence-electron chi connectivity index (χ0n) is 10.5. The molecule has 3 aromatic rings. The van der Waals surface area contributed by atoms with Gasteiger partial charge in [-0.2, -0.15) is 0 Å². The first-order valence-corrected chi connectivity index (χ1v) is 6.95. The van der Waals surface area contributed by atoms with Gasteiger partial charge >= 0.3 is 0 Å². The summed E-state index contributed by atoms with van der Waals surface area (Å²) in [6, 6.07) is 8.33. The highest BCUT2D eigenvalue weighted by molar-refractivity contribution is 7.22. The third-order valence-corrected chi connectivity index (χ3v) is 4.02. The van der Waals surface area contributed by atoms with Crippen LogP contribution >= 0.6 is 11.3 Å². The number of aliphatic hydroxyl groups excluding tert-OH is 1. The van der Waals surface area contributed by atoms with Gasteiger partial charge in [-0.25, -0.2) is 14.4 Å². The van der Waals surface area contributed by atoms with Crippen LogP contribution in [0.1, 0.15) is 0 Å². The van der Waals surface area contributed by atoms with Crippen molar-refractivity contribution in [2.24, 2.45) is 0 Å². The van der Waals surface area contributed by atoms with E-state index in [4.69, 9.17) is 5.11 Å². The molecule has 0 aliphatic rings. The van der Waals surface area contributed by atoms with Crippen molar-refractivity contribution in [2.45, 2.75) is 0 Å². The number of aliphatic hydroxyl groups is 1. The second-order valence-electron chi connectivity index (χ2n) is 4.20. The van der Waals surface area contributed by atoms with Gasteiger partial charge in [-0.05, 0) is 23.8 Å². The number of hydrogen-bond acceptors (Lipinski definition) is 5. The van der Waals surface area contributed by atoms with Crippen molar-refractivity contribution in [3.63, 3.8) is 0 Å². The summed E-state index contributed by atoms with van der Waals surface area (Å²) in [6.07, 6.45) is 1.49. The summed E-state index contributed by atoms with van der Waals surface area (Å²) in [6.45, 7) is 0.484. The summed E-state index contributed by atoms with van der Waals surface area (Å²) in [5.41, 5.74) is 1.78. The molecular weight excluding hydrogens is 277 g/mol. The van der Waals surface area contributed by atoms with Crippen molar-refractivity contribution in [1.82, 2.24) is 9.97 Å². The molecule has 0 fully saturated rings. The predicted octanol–water partition coefficient (Wildman–Crippen LogP) is 2.90. The zero-order chi connectivity index (χ0) is 13.9. The number of hydrogen-bond donors (Lipinski definition) is 2. The second-order valence-corrected chi connectivity index (χ2v) is 5.26. The summed E-state index contributed by atoms with van der Waals surface area (Å²) >= 11 is 1.54. The standard InChI is InChI=1S/C14H12FN3OS/c15-10-3-1-9(2-4-10)12-7-11-13(20-12)14(16-5-6-19)18-8-17-11/h1-4,7-8,19H,5-6H2,(H,16,17,18). The van der Waals surface area contributed by atoms with E-state index in [2.05, 4.69) is 15.3 Å². The fourth-order valence-corrected chi connectivity index (χ4v) is 2.99. The molecule has 0 amide bonds. The molecule has 0 aliphatic carbocycles. The average molecular weight is 289 g/mol. The Kier molecular flexibility index (Phi) is 3.58. The molecule has 0 atom stereocenters. The van der Waals surface area contributed by atoms with Gasteiger partial charge in [0, 0.05) is 11.4 Å². The summed E-state index contributed by atoms with van der Waals surface area (Å²) in [5.74, 6) is 0.461. The molecule has 102 valence electrons. The molecule has 0 radical (unpaired) electrons. The predicted molar refractivity (Wildman–Crippen MR) is 78.4 cm³/mol. The highest BCUT2D eigenvalue weighted by Gasteiger charge is 2.10. The Morgan fingerprint density at radius 2 is 2.00 bits per heavy atom. The van der Waals surface area contributed by atoms with Gasteiger partial charge < -0.3 is 10.4 Å². The van der Waals surface area contributed by atoms with Gasteiger partial charge in [-0.3, -0.25) is 0 Å². The van der Waals surface area contributed by atoms with E-state index in [9.17, 15) is 4.39 Å². The summed E-state index contributed by atoms with van der Waals surface area (Å²) in [5, 5.41) is 11.9. The SMILES string of the molecule is OCCNc1ncnc2cc(-c3ccc(F)cc3)sc12. The van der Waals surface area contributed by atoms with Crippen LogP contribution in [0.4, 0.5) is 10.2 Å². The Balaban J connectivity index is 2.03. The van der Waals surface area contributed by atoms with Gasteiger partial charge in [0.2, 0.25) is 0 Å². The second kappa shape index (κ2) is 5.52. The number of thiophene rings is 1. The Labute approximate surface area is 118 Å². The Morgan fingerprint density at radius 3 is 2.75 bits per heavy atom. The van der Waals surface area contributed by atoms with Crippen LogP contribution in [0.15, 0.2) is 36.7 Å². The molecule has 0 aliphatic heterocycles. The molecule has 0 bridgehead atoms. The number of aromatic nitrogens is 2. The Hall–Kier alpha value is -2.05. The molecule has 4 nitrogen and oxygen atoms in total. The van der Waals surface area contributed by atoms with E-state index in [0.717, 1.165) is 20.7 Å². The molecule has 0 saturated carbocycles. The number of fused-ring (bicyclic) bond motifs is 1. The minimum Gasteiger partial charge on any atom is -0.395 e. The largest absolute Gasteiger partial charge is 0.395 e. The topological polar surface area (TPSA) is 58.0 Å². The lowest BCUT2D eigenvalue weighted by atomic mass is 10.2. The van der Waals surface area contributed by atoms with Crippen LogP contribution in [-0.4, -0.2) is 28.2 Å². The zero-order valence-corrected chi connectivity index (χ0v) is 11.3. The van der Waals surface area contributed by atoms with Gasteiger partial charge in [-0.1, -0.05) is 12.1 Å². The molecule has 0 spiro atoms. The summed E-state index contributed by atoms with van der Waals surface area (Å²) in [4.78, 5) is 9.43. The smallest absolute Gasteiger partial charge is 0.147 e. The number of anilines is 1. The van der Waals surface area contributed by atoms with Crippen LogP contribution in [0.3, 0.4) is 0 Å². The molecule has 3 rings (SSSR count). The van der Waals surface area contributed by atoms with E-state index in [-0.39, 0.29) is 12.4 Å². The number of nitrogens with one attached hydrogen (secondary N) is 1. The summed E-state index contributed by atoms with van der Waals surface area (Å²) in [7, 11) is 0. The average Bonchev–Trinajstić information content (AvgIpc) is 2.90. The van der Waals surface area contributed by atoms with Crippen LogP contribution in [0.2, 0.25) is 0 Å². The van der Waals surface area contributed by atoms with Gasteiger partial charge in [0.1, 0.15) is 18.0 Å². The first kappa shape index (κ1) is 13.0. The molecule has 2 N–H and O–H groups in total.